The molecule has 0 aliphatic carbocycles. The van der Waals surface area contributed by atoms with Crippen LogP contribution in [-0.2, 0) is 0 Å². The van der Waals surface area contributed by atoms with Crippen molar-refractivity contribution in [3.8, 4) is 5.75 Å². The van der Waals surface area contributed by atoms with Gasteiger partial charge >= 0.3 is 0 Å². The second-order valence-electron chi connectivity index (χ2n) is 3.00. The van der Waals surface area contributed by atoms with Crippen LogP contribution >= 0.6 is 0 Å². The normalized spacial score (nSPS) is 15.4. The van der Waals surface area contributed by atoms with Crippen molar-refractivity contribution >= 4 is 0 Å². The molecule has 1 aromatic carbocycles. The van der Waals surface area contributed by atoms with Gasteiger partial charge in [0, 0.05) is 10.8 Å². The van der Waals surface area contributed by atoms with E-state index in [1.165, 1.54) is 0 Å². The molecule has 1 aromatic rings. The van der Waals surface area contributed by atoms with Crippen LogP contribution in [0.4, 0.5) is 0 Å². The van der Waals surface area contributed by atoms with Crippen LogP contribution in [0.2, 0.25) is 0 Å². The predicted octanol–water partition coefficient (Wildman–Crippen LogP) is 2.08. The summed E-state index contributed by atoms with van der Waals surface area (Å²) in [5.74, 6) is 0.277. The lowest BCUT2D eigenvalue weighted by molar-refractivity contribution is -0.482. The molecule has 4 nitrogen and oxygen atoms in total. The average Bonchev–Trinajstić information content (AvgIpc) is 2.27. The Kier molecular flexibility index (Phi) is 2.95. The fraction of sp³-hybridized carbons (Fsp3) is 0.400. The Balaban J connectivity index is 2.82. The van der Waals surface area contributed by atoms with Gasteiger partial charge in [0.05, 0.1) is 7.11 Å². The zero-order valence-corrected chi connectivity index (χ0v) is 8.14. The minimum absolute atomic E-state index is 0.425. The van der Waals surface area contributed by atoms with Gasteiger partial charge in [0.15, 0.2) is 0 Å². The van der Waals surface area contributed by atoms with E-state index < -0.39 is 17.4 Å². The Morgan fingerprint density at radius 1 is 1.57 bits per heavy atom. The molecule has 0 N–H and O–H groups in total. The first-order valence-corrected chi connectivity index (χ1v) is 4.26. The molecule has 0 spiro atoms. The molecule has 0 bridgehead atoms. The molecule has 0 fully saturated rings. The Morgan fingerprint density at radius 3 is 2.57 bits per heavy atom. The van der Waals surface area contributed by atoms with Gasteiger partial charge in [-0.05, 0) is 17.7 Å². The van der Waals surface area contributed by atoms with E-state index >= 15 is 0 Å². The van der Waals surface area contributed by atoms with Crippen molar-refractivity contribution < 1.29 is 11.0 Å². The van der Waals surface area contributed by atoms with E-state index in [9.17, 15) is 10.1 Å². The number of ether oxygens (including phenoxy) is 1. The topological polar surface area (TPSA) is 52.4 Å². The maximum absolute atomic E-state index is 10.4. The smallest absolute Gasteiger partial charge is 0.210 e. The number of nitro groups is 1. The summed E-state index contributed by atoms with van der Waals surface area (Å²) >= 11 is 0. The first-order valence-electron chi connectivity index (χ1n) is 4.83. The minimum Gasteiger partial charge on any atom is -0.497 e. The van der Waals surface area contributed by atoms with Gasteiger partial charge in [-0.15, -0.1) is 0 Å². The molecule has 0 aliphatic heterocycles. The van der Waals surface area contributed by atoms with Crippen molar-refractivity contribution in [2.75, 3.05) is 13.6 Å². The second kappa shape index (κ2) is 4.60. The van der Waals surface area contributed by atoms with Gasteiger partial charge in [-0.2, -0.15) is 0 Å². The van der Waals surface area contributed by atoms with Crippen LogP contribution in [-0.4, -0.2) is 18.6 Å². The highest BCUT2D eigenvalue weighted by atomic mass is 16.6. The van der Waals surface area contributed by atoms with Gasteiger partial charge < -0.3 is 4.74 Å². The van der Waals surface area contributed by atoms with Crippen LogP contribution in [0.1, 0.15) is 19.8 Å². The van der Waals surface area contributed by atoms with Crippen molar-refractivity contribution in [2.24, 2.45) is 0 Å². The number of methoxy groups -OCH3 is 1. The molecule has 2 unspecified atom stereocenters. The van der Waals surface area contributed by atoms with E-state index in [1.54, 1.807) is 38.3 Å². The van der Waals surface area contributed by atoms with Crippen LogP contribution < -0.4 is 4.74 Å². The van der Waals surface area contributed by atoms with Crippen LogP contribution in [0.3, 0.4) is 0 Å². The summed E-state index contributed by atoms with van der Waals surface area (Å²) in [4.78, 5) is 9.84. The van der Waals surface area contributed by atoms with E-state index in [4.69, 9.17) is 6.11 Å². The number of benzene rings is 1. The summed E-state index contributed by atoms with van der Waals surface area (Å²) in [6.45, 7) is 0.348. The lowest BCUT2D eigenvalue weighted by Crippen LogP contribution is -2.09. The van der Waals surface area contributed by atoms with Crippen molar-refractivity contribution in [2.45, 2.75) is 12.8 Å². The lowest BCUT2D eigenvalue weighted by atomic mass is 10.0. The molecule has 0 amide bonds. The second-order valence-corrected chi connectivity index (χ2v) is 3.00. The van der Waals surface area contributed by atoms with Crippen LogP contribution in [0, 0.1) is 10.1 Å². The lowest BCUT2D eigenvalue weighted by Gasteiger charge is -2.07. The molecule has 0 heterocycles. The van der Waals surface area contributed by atoms with E-state index in [0.717, 1.165) is 5.56 Å². The molecule has 2 atom stereocenters. The third-order valence-electron chi connectivity index (χ3n) is 1.99. The van der Waals surface area contributed by atoms with Gasteiger partial charge in [-0.3, -0.25) is 10.1 Å². The van der Waals surface area contributed by atoms with Crippen molar-refractivity contribution in [1.82, 2.24) is 0 Å². The molecule has 0 radical (unpaired) electrons. The highest BCUT2D eigenvalue weighted by molar-refractivity contribution is 5.29. The maximum atomic E-state index is 10.4. The van der Waals surface area contributed by atoms with Crippen LogP contribution in [0.15, 0.2) is 24.3 Å². The summed E-state index contributed by atoms with van der Waals surface area (Å²) in [5.41, 5.74) is 0.771. The summed E-state index contributed by atoms with van der Waals surface area (Å²) in [5, 5.41) is 10.4. The van der Waals surface area contributed by atoms with Crippen molar-refractivity contribution in [1.29, 1.82) is 0 Å². The van der Waals surface area contributed by atoms with Crippen molar-refractivity contribution in [3.63, 3.8) is 0 Å². The standard InChI is InChI=1S/C10H13NO3/c1-8(7-11(12)13)9-3-5-10(14-2)6-4-9/h3-6,8H,7H2,1-2H3/i7D. The molecule has 0 saturated heterocycles. The molecule has 4 heteroatoms. The summed E-state index contributed by atoms with van der Waals surface area (Å²) in [6, 6.07) is 6.96. The number of hydrogen-bond acceptors (Lipinski definition) is 3. The molecule has 14 heavy (non-hydrogen) atoms. The molecule has 1 rings (SSSR count). The van der Waals surface area contributed by atoms with Gasteiger partial charge in [0.2, 0.25) is 6.52 Å². The molecule has 0 aromatic heterocycles. The summed E-state index contributed by atoms with van der Waals surface area (Å²) in [7, 11) is 1.56. The number of rotatable bonds is 4. The Morgan fingerprint density at radius 2 is 2.14 bits per heavy atom. The van der Waals surface area contributed by atoms with Gasteiger partial charge in [-0.25, -0.2) is 0 Å². The van der Waals surface area contributed by atoms with Crippen LogP contribution in [0.5, 0.6) is 5.75 Å². The Bertz CT molecular complexity index is 339. The monoisotopic (exact) mass is 196 g/mol. The third-order valence-corrected chi connectivity index (χ3v) is 1.99. The first kappa shape index (κ1) is 8.99. The molecular formula is C10H13NO3. The first-order chi connectivity index (χ1) is 7.06. The predicted molar refractivity (Wildman–Crippen MR) is 53.3 cm³/mol. The number of hydrogen-bond donors (Lipinski definition) is 0. The third kappa shape index (κ3) is 2.73. The Hall–Kier alpha value is -1.58. The highest BCUT2D eigenvalue weighted by Gasteiger charge is 2.11. The van der Waals surface area contributed by atoms with E-state index in [2.05, 4.69) is 0 Å². The van der Waals surface area contributed by atoms with Gasteiger partial charge in [0.1, 0.15) is 7.12 Å². The van der Waals surface area contributed by atoms with Gasteiger partial charge in [-0.1, -0.05) is 19.1 Å². The van der Waals surface area contributed by atoms with Crippen LogP contribution in [0.25, 0.3) is 0 Å². The molecular weight excluding hydrogens is 182 g/mol. The highest BCUT2D eigenvalue weighted by Crippen LogP contribution is 2.18. The quantitative estimate of drug-likeness (QED) is 0.547. The fourth-order valence-corrected chi connectivity index (χ4v) is 1.18. The average molecular weight is 196 g/mol. The minimum atomic E-state index is -1.32. The van der Waals surface area contributed by atoms with E-state index in [-0.39, 0.29) is 0 Å². The summed E-state index contributed by atoms with van der Waals surface area (Å²) < 4.78 is 12.3. The van der Waals surface area contributed by atoms with Crippen molar-refractivity contribution in [3.05, 3.63) is 39.9 Å². The van der Waals surface area contributed by atoms with E-state index in [0.29, 0.717) is 5.75 Å². The SMILES string of the molecule is [2H]C(C(C)c1ccc(OC)cc1)[N+](=O)[O-]. The number of nitrogens with zero attached hydrogens (tertiary/aromatic N) is 1. The van der Waals surface area contributed by atoms with Gasteiger partial charge in [0.25, 0.3) is 0 Å². The largest absolute Gasteiger partial charge is 0.497 e. The fourth-order valence-electron chi connectivity index (χ4n) is 1.18. The molecule has 0 saturated carbocycles. The molecule has 76 valence electrons. The maximum Gasteiger partial charge on any atom is 0.210 e. The zero-order valence-electron chi connectivity index (χ0n) is 9.14. The molecule has 0 aliphatic rings. The summed E-state index contributed by atoms with van der Waals surface area (Å²) in [6.07, 6.45) is 0. The Labute approximate surface area is 84.1 Å². The van der Waals surface area contributed by atoms with E-state index in [1.807, 2.05) is 0 Å². The zero-order chi connectivity index (χ0) is 11.4.